The fourth-order valence-corrected chi connectivity index (χ4v) is 4.25. The van der Waals surface area contributed by atoms with Crippen LogP contribution in [-0.4, -0.2) is 13.2 Å². The molecule has 2 aromatic rings. The van der Waals surface area contributed by atoms with Gasteiger partial charge in [-0.2, -0.15) is 0 Å². The number of thiophene rings is 1. The Morgan fingerprint density at radius 1 is 1.22 bits per heavy atom. The third-order valence-electron chi connectivity index (χ3n) is 3.90. The van der Waals surface area contributed by atoms with Crippen LogP contribution in [0.25, 0.3) is 0 Å². The highest BCUT2D eigenvalue weighted by Gasteiger charge is 2.27. The minimum atomic E-state index is 0.144. The van der Waals surface area contributed by atoms with E-state index in [4.69, 9.17) is 9.47 Å². The molecule has 1 aliphatic rings. The third-order valence-corrected chi connectivity index (χ3v) is 5.58. The van der Waals surface area contributed by atoms with Crippen molar-refractivity contribution in [3.05, 3.63) is 44.6 Å². The smallest absolute Gasteiger partial charge is 0.162 e. The standard InChI is InChI=1S/C18H22BrNO2S/c1-18(2,3)17(16-5-4-8-23-16)20-11-12-9-14-15(10-13(12)19)22-7-6-21-14/h4-5,8-10,17,20H,6-7,11H2,1-3H3/t17-/m0/s1. The summed E-state index contributed by atoms with van der Waals surface area (Å²) in [5.41, 5.74) is 1.32. The van der Waals surface area contributed by atoms with Crippen LogP contribution in [0.5, 0.6) is 11.5 Å². The summed E-state index contributed by atoms with van der Waals surface area (Å²) in [6.07, 6.45) is 0. The van der Waals surface area contributed by atoms with Gasteiger partial charge in [0.1, 0.15) is 13.2 Å². The number of hydrogen-bond donors (Lipinski definition) is 1. The first-order chi connectivity index (χ1) is 10.9. The highest BCUT2D eigenvalue weighted by molar-refractivity contribution is 9.10. The molecule has 0 bridgehead atoms. The quantitative estimate of drug-likeness (QED) is 0.775. The average Bonchev–Trinajstić information content (AvgIpc) is 3.00. The molecule has 1 atom stereocenters. The normalized spacial score (nSPS) is 15.5. The van der Waals surface area contributed by atoms with E-state index < -0.39 is 0 Å². The van der Waals surface area contributed by atoms with E-state index in [0.717, 1.165) is 22.5 Å². The number of halogens is 1. The van der Waals surface area contributed by atoms with Crippen molar-refractivity contribution in [1.82, 2.24) is 5.32 Å². The van der Waals surface area contributed by atoms with Gasteiger partial charge in [0.05, 0.1) is 0 Å². The molecule has 0 unspecified atom stereocenters. The number of fused-ring (bicyclic) bond motifs is 1. The molecule has 1 N–H and O–H groups in total. The predicted molar refractivity (Wildman–Crippen MR) is 98.5 cm³/mol. The SMILES string of the molecule is CC(C)(C)[C@@H](NCc1cc2c(cc1Br)OCCO2)c1cccs1. The lowest BCUT2D eigenvalue weighted by molar-refractivity contribution is 0.171. The van der Waals surface area contributed by atoms with Crippen LogP contribution in [-0.2, 0) is 6.54 Å². The summed E-state index contributed by atoms with van der Waals surface area (Å²) in [5, 5.41) is 5.84. The molecule has 5 heteroatoms. The van der Waals surface area contributed by atoms with E-state index in [9.17, 15) is 0 Å². The van der Waals surface area contributed by atoms with Gasteiger partial charge >= 0.3 is 0 Å². The van der Waals surface area contributed by atoms with Gasteiger partial charge < -0.3 is 14.8 Å². The second kappa shape index (κ2) is 6.83. The van der Waals surface area contributed by atoms with Gasteiger partial charge in [-0.3, -0.25) is 0 Å². The molecule has 0 spiro atoms. The van der Waals surface area contributed by atoms with Gasteiger partial charge in [0, 0.05) is 21.9 Å². The molecule has 2 heterocycles. The Bertz CT molecular complexity index is 664. The van der Waals surface area contributed by atoms with E-state index >= 15 is 0 Å². The molecule has 124 valence electrons. The maximum Gasteiger partial charge on any atom is 0.162 e. The van der Waals surface area contributed by atoms with Crippen molar-refractivity contribution in [3.8, 4) is 11.5 Å². The van der Waals surface area contributed by atoms with Crippen LogP contribution in [0.1, 0.15) is 37.3 Å². The zero-order valence-corrected chi connectivity index (χ0v) is 16.1. The lowest BCUT2D eigenvalue weighted by Crippen LogP contribution is -2.31. The van der Waals surface area contributed by atoms with E-state index in [0.29, 0.717) is 19.3 Å². The van der Waals surface area contributed by atoms with Crippen LogP contribution >= 0.6 is 27.3 Å². The molecular weight excluding hydrogens is 374 g/mol. The summed E-state index contributed by atoms with van der Waals surface area (Å²) in [6, 6.07) is 8.69. The Balaban J connectivity index is 1.79. The zero-order chi connectivity index (χ0) is 16.4. The first-order valence-electron chi connectivity index (χ1n) is 7.80. The first-order valence-corrected chi connectivity index (χ1v) is 9.47. The Kier molecular flexibility index (Phi) is 4.99. The van der Waals surface area contributed by atoms with Crippen molar-refractivity contribution >= 4 is 27.3 Å². The number of hydrogen-bond acceptors (Lipinski definition) is 4. The maximum absolute atomic E-state index is 5.69. The Morgan fingerprint density at radius 3 is 2.52 bits per heavy atom. The minimum Gasteiger partial charge on any atom is -0.486 e. The first kappa shape index (κ1) is 16.8. The molecular formula is C18H22BrNO2S. The lowest BCUT2D eigenvalue weighted by atomic mass is 9.85. The van der Waals surface area contributed by atoms with E-state index in [1.165, 1.54) is 10.4 Å². The minimum absolute atomic E-state index is 0.144. The molecule has 1 aliphatic heterocycles. The van der Waals surface area contributed by atoms with Gasteiger partial charge in [0.15, 0.2) is 11.5 Å². The third kappa shape index (κ3) is 3.90. The number of benzene rings is 1. The van der Waals surface area contributed by atoms with Gasteiger partial charge in [0.2, 0.25) is 0 Å². The molecule has 3 rings (SSSR count). The van der Waals surface area contributed by atoms with Crippen molar-refractivity contribution in [2.45, 2.75) is 33.4 Å². The monoisotopic (exact) mass is 395 g/mol. The zero-order valence-electron chi connectivity index (χ0n) is 13.7. The molecule has 1 aromatic heterocycles. The molecule has 0 radical (unpaired) electrons. The number of rotatable bonds is 4. The molecule has 0 aliphatic carbocycles. The van der Waals surface area contributed by atoms with Crippen molar-refractivity contribution < 1.29 is 9.47 Å². The summed E-state index contributed by atoms with van der Waals surface area (Å²) >= 11 is 5.45. The predicted octanol–water partition coefficient (Wildman–Crippen LogP) is 5.16. The Labute approximate surface area is 150 Å². The molecule has 3 nitrogen and oxygen atoms in total. The van der Waals surface area contributed by atoms with Crippen LogP contribution in [0, 0.1) is 5.41 Å². The van der Waals surface area contributed by atoms with Crippen LogP contribution in [0.2, 0.25) is 0 Å². The summed E-state index contributed by atoms with van der Waals surface area (Å²) in [7, 11) is 0. The van der Waals surface area contributed by atoms with Gasteiger partial charge in [-0.05, 0) is 34.6 Å². The van der Waals surface area contributed by atoms with Crippen LogP contribution in [0.15, 0.2) is 34.1 Å². The molecule has 0 fully saturated rings. The topological polar surface area (TPSA) is 30.5 Å². The second-order valence-corrected chi connectivity index (χ2v) is 8.62. The second-order valence-electron chi connectivity index (χ2n) is 6.78. The fraction of sp³-hybridized carbons (Fsp3) is 0.444. The van der Waals surface area contributed by atoms with Crippen LogP contribution in [0.4, 0.5) is 0 Å². The van der Waals surface area contributed by atoms with Crippen molar-refractivity contribution in [3.63, 3.8) is 0 Å². The summed E-state index contributed by atoms with van der Waals surface area (Å²) in [6.45, 7) is 8.80. The summed E-state index contributed by atoms with van der Waals surface area (Å²) < 4.78 is 12.4. The van der Waals surface area contributed by atoms with Gasteiger partial charge in [-0.25, -0.2) is 0 Å². The molecule has 0 amide bonds. The van der Waals surface area contributed by atoms with E-state index in [-0.39, 0.29) is 5.41 Å². The van der Waals surface area contributed by atoms with Gasteiger partial charge in [-0.1, -0.05) is 42.8 Å². The average molecular weight is 396 g/mol. The molecule has 0 saturated carbocycles. The summed E-state index contributed by atoms with van der Waals surface area (Å²) in [5.74, 6) is 1.65. The molecule has 1 aromatic carbocycles. The maximum atomic E-state index is 5.69. The lowest BCUT2D eigenvalue weighted by Gasteiger charge is -2.31. The summed E-state index contributed by atoms with van der Waals surface area (Å²) in [4.78, 5) is 1.37. The largest absolute Gasteiger partial charge is 0.486 e. The molecule has 23 heavy (non-hydrogen) atoms. The molecule has 0 saturated heterocycles. The highest BCUT2D eigenvalue weighted by Crippen LogP contribution is 2.38. The van der Waals surface area contributed by atoms with Crippen molar-refractivity contribution in [2.75, 3.05) is 13.2 Å². The van der Waals surface area contributed by atoms with Crippen LogP contribution < -0.4 is 14.8 Å². The van der Waals surface area contributed by atoms with E-state index in [2.05, 4.69) is 65.6 Å². The highest BCUT2D eigenvalue weighted by atomic mass is 79.9. The van der Waals surface area contributed by atoms with Crippen LogP contribution in [0.3, 0.4) is 0 Å². The fourth-order valence-electron chi connectivity index (χ4n) is 2.74. The number of ether oxygens (including phenoxy) is 2. The number of nitrogens with one attached hydrogen (secondary N) is 1. The van der Waals surface area contributed by atoms with Crippen molar-refractivity contribution in [1.29, 1.82) is 0 Å². The van der Waals surface area contributed by atoms with Gasteiger partial charge in [-0.15, -0.1) is 11.3 Å². The van der Waals surface area contributed by atoms with E-state index in [1.807, 2.05) is 6.07 Å². The van der Waals surface area contributed by atoms with E-state index in [1.54, 1.807) is 11.3 Å². The van der Waals surface area contributed by atoms with Gasteiger partial charge in [0.25, 0.3) is 0 Å². The van der Waals surface area contributed by atoms with Crippen molar-refractivity contribution in [2.24, 2.45) is 5.41 Å². The Morgan fingerprint density at radius 2 is 1.91 bits per heavy atom. The Hall–Kier alpha value is -1.04.